The third-order valence-electron chi connectivity index (χ3n) is 3.87. The van der Waals surface area contributed by atoms with Crippen LogP contribution in [-0.4, -0.2) is 42.5 Å². The molecule has 1 saturated heterocycles. The first-order valence-electron chi connectivity index (χ1n) is 6.79. The molecule has 0 spiro atoms. The maximum Gasteiger partial charge on any atom is 0.241 e. The molecule has 1 heterocycles. The highest BCUT2D eigenvalue weighted by atomic mass is 35.5. The molecule has 2 aliphatic rings. The zero-order valence-corrected chi connectivity index (χ0v) is 11.1. The molecule has 0 aromatic rings. The van der Waals surface area contributed by atoms with E-state index in [0.29, 0.717) is 32.2 Å². The number of ether oxygens (including phenoxy) is 1. The Kier molecular flexibility index (Phi) is 5.11. The Balaban J connectivity index is 1.88. The van der Waals surface area contributed by atoms with E-state index in [-0.39, 0.29) is 11.3 Å². The lowest BCUT2D eigenvalue weighted by Gasteiger charge is -2.31. The number of halogens is 1. The number of alkyl halides is 1. The molecule has 17 heavy (non-hydrogen) atoms. The lowest BCUT2D eigenvalue weighted by molar-refractivity contribution is -0.135. The van der Waals surface area contributed by atoms with Gasteiger partial charge in [-0.15, -0.1) is 11.6 Å². The van der Waals surface area contributed by atoms with Crippen molar-refractivity contribution in [1.82, 2.24) is 4.90 Å². The first-order chi connectivity index (χ1) is 8.29. The average Bonchev–Trinajstić information content (AvgIpc) is 2.67. The van der Waals surface area contributed by atoms with Crippen LogP contribution in [0.15, 0.2) is 0 Å². The minimum absolute atomic E-state index is 0.127. The third kappa shape index (κ3) is 3.59. The predicted molar refractivity (Wildman–Crippen MR) is 68.2 cm³/mol. The molecule has 3 nitrogen and oxygen atoms in total. The van der Waals surface area contributed by atoms with Crippen molar-refractivity contribution in [2.75, 3.05) is 26.3 Å². The third-order valence-corrected chi connectivity index (χ3v) is 4.42. The van der Waals surface area contributed by atoms with Gasteiger partial charge >= 0.3 is 0 Å². The summed E-state index contributed by atoms with van der Waals surface area (Å²) in [6, 6.07) is 0. The summed E-state index contributed by atoms with van der Waals surface area (Å²) in [6.07, 6.45) is 7.28. The van der Waals surface area contributed by atoms with E-state index in [1.165, 1.54) is 25.7 Å². The van der Waals surface area contributed by atoms with Crippen molar-refractivity contribution in [2.24, 2.45) is 5.92 Å². The van der Waals surface area contributed by atoms with Gasteiger partial charge in [-0.2, -0.15) is 0 Å². The van der Waals surface area contributed by atoms with Gasteiger partial charge in [-0.3, -0.25) is 4.79 Å². The first kappa shape index (κ1) is 13.2. The fourth-order valence-electron chi connectivity index (χ4n) is 2.76. The number of rotatable bonds is 2. The molecule has 1 aliphatic heterocycles. The molecule has 2 rings (SSSR count). The van der Waals surface area contributed by atoms with E-state index in [0.717, 1.165) is 12.8 Å². The van der Waals surface area contributed by atoms with Crippen LogP contribution in [0.3, 0.4) is 0 Å². The maximum absolute atomic E-state index is 12.2. The van der Waals surface area contributed by atoms with Crippen LogP contribution < -0.4 is 0 Å². The van der Waals surface area contributed by atoms with Crippen molar-refractivity contribution in [1.29, 1.82) is 0 Å². The van der Waals surface area contributed by atoms with Crippen molar-refractivity contribution in [3.63, 3.8) is 0 Å². The number of morpholine rings is 1. The molecule has 0 aromatic carbocycles. The second-order valence-electron chi connectivity index (χ2n) is 5.09. The van der Waals surface area contributed by atoms with Gasteiger partial charge in [-0.1, -0.05) is 25.7 Å². The van der Waals surface area contributed by atoms with Crippen LogP contribution in [-0.2, 0) is 9.53 Å². The molecule has 0 aromatic heterocycles. The second kappa shape index (κ2) is 6.60. The summed E-state index contributed by atoms with van der Waals surface area (Å²) in [4.78, 5) is 14.1. The lowest BCUT2D eigenvalue weighted by atomic mass is 9.95. The zero-order chi connectivity index (χ0) is 12.1. The first-order valence-corrected chi connectivity index (χ1v) is 7.23. The Bertz CT molecular complexity index is 246. The Morgan fingerprint density at radius 2 is 1.71 bits per heavy atom. The monoisotopic (exact) mass is 259 g/mol. The van der Waals surface area contributed by atoms with Crippen molar-refractivity contribution < 1.29 is 9.53 Å². The van der Waals surface area contributed by atoms with Crippen molar-refractivity contribution in [2.45, 2.75) is 43.9 Å². The van der Waals surface area contributed by atoms with E-state index in [1.54, 1.807) is 0 Å². The molecule has 0 bridgehead atoms. The van der Waals surface area contributed by atoms with Crippen LogP contribution in [0.25, 0.3) is 0 Å². The Morgan fingerprint density at radius 3 is 2.29 bits per heavy atom. The van der Waals surface area contributed by atoms with E-state index >= 15 is 0 Å². The Hall–Kier alpha value is -0.280. The van der Waals surface area contributed by atoms with Gasteiger partial charge in [0.05, 0.1) is 13.2 Å². The summed E-state index contributed by atoms with van der Waals surface area (Å²) in [5, 5.41) is -0.314. The minimum Gasteiger partial charge on any atom is -0.378 e. The van der Waals surface area contributed by atoms with Gasteiger partial charge in [-0.25, -0.2) is 0 Å². The number of hydrogen-bond donors (Lipinski definition) is 0. The standard InChI is InChI=1S/C13H22ClNO2/c14-12(11-5-3-1-2-4-6-11)13(16)15-7-9-17-10-8-15/h11-12H,1-10H2. The summed E-state index contributed by atoms with van der Waals surface area (Å²) in [6.45, 7) is 2.71. The molecule has 98 valence electrons. The van der Waals surface area contributed by atoms with Gasteiger partial charge in [0.2, 0.25) is 5.91 Å². The molecule has 1 saturated carbocycles. The van der Waals surface area contributed by atoms with Gasteiger partial charge in [0, 0.05) is 13.1 Å². The van der Waals surface area contributed by atoms with Crippen LogP contribution in [0.1, 0.15) is 38.5 Å². The SMILES string of the molecule is O=C(C(Cl)C1CCCCCC1)N1CCOCC1. The van der Waals surface area contributed by atoms with Crippen LogP contribution in [0.4, 0.5) is 0 Å². The molecule has 1 amide bonds. The Labute approximate surface area is 108 Å². The average molecular weight is 260 g/mol. The second-order valence-corrected chi connectivity index (χ2v) is 5.56. The number of amides is 1. The zero-order valence-electron chi connectivity index (χ0n) is 10.4. The molecule has 0 radical (unpaired) electrons. The summed E-state index contributed by atoms with van der Waals surface area (Å²) in [5.41, 5.74) is 0. The molecule has 1 unspecified atom stereocenters. The van der Waals surface area contributed by atoms with Crippen molar-refractivity contribution >= 4 is 17.5 Å². The predicted octanol–water partition coefficient (Wildman–Crippen LogP) is 2.42. The molecular formula is C13H22ClNO2. The smallest absolute Gasteiger partial charge is 0.241 e. The van der Waals surface area contributed by atoms with Gasteiger partial charge in [0.15, 0.2) is 0 Å². The molecule has 0 N–H and O–H groups in total. The van der Waals surface area contributed by atoms with Gasteiger partial charge in [0.25, 0.3) is 0 Å². The maximum atomic E-state index is 12.2. The van der Waals surface area contributed by atoms with Crippen LogP contribution in [0.2, 0.25) is 0 Å². The fourth-order valence-corrected chi connectivity index (χ4v) is 3.15. The minimum atomic E-state index is -0.314. The van der Waals surface area contributed by atoms with E-state index < -0.39 is 0 Å². The van der Waals surface area contributed by atoms with Crippen LogP contribution in [0.5, 0.6) is 0 Å². The number of hydrogen-bond acceptors (Lipinski definition) is 2. The van der Waals surface area contributed by atoms with E-state index in [9.17, 15) is 4.79 Å². The summed E-state index contributed by atoms with van der Waals surface area (Å²) < 4.78 is 5.26. The van der Waals surface area contributed by atoms with Gasteiger partial charge in [-0.05, 0) is 18.8 Å². The highest BCUT2D eigenvalue weighted by Gasteiger charge is 2.30. The van der Waals surface area contributed by atoms with Crippen molar-refractivity contribution in [3.05, 3.63) is 0 Å². The normalized spacial score (nSPS) is 25.4. The van der Waals surface area contributed by atoms with Gasteiger partial charge in [0.1, 0.15) is 5.38 Å². The molecule has 4 heteroatoms. The number of carbonyl (C=O) groups excluding carboxylic acids is 1. The number of nitrogens with zero attached hydrogens (tertiary/aromatic N) is 1. The fraction of sp³-hybridized carbons (Fsp3) is 0.923. The van der Waals surface area contributed by atoms with E-state index in [4.69, 9.17) is 16.3 Å². The van der Waals surface area contributed by atoms with Crippen molar-refractivity contribution in [3.8, 4) is 0 Å². The van der Waals surface area contributed by atoms with E-state index in [2.05, 4.69) is 0 Å². The largest absolute Gasteiger partial charge is 0.378 e. The quantitative estimate of drug-likeness (QED) is 0.563. The molecular weight excluding hydrogens is 238 g/mol. The highest BCUT2D eigenvalue weighted by molar-refractivity contribution is 6.30. The van der Waals surface area contributed by atoms with Crippen LogP contribution >= 0.6 is 11.6 Å². The summed E-state index contributed by atoms with van der Waals surface area (Å²) in [5.74, 6) is 0.511. The molecule has 2 fully saturated rings. The van der Waals surface area contributed by atoms with E-state index in [1.807, 2.05) is 4.90 Å². The summed E-state index contributed by atoms with van der Waals surface area (Å²) in [7, 11) is 0. The van der Waals surface area contributed by atoms with Crippen LogP contribution in [0, 0.1) is 5.92 Å². The van der Waals surface area contributed by atoms with Gasteiger partial charge < -0.3 is 9.64 Å². The lowest BCUT2D eigenvalue weighted by Crippen LogP contribution is -2.46. The molecule has 1 atom stereocenters. The Morgan fingerprint density at radius 1 is 1.12 bits per heavy atom. The number of carbonyl (C=O) groups is 1. The highest BCUT2D eigenvalue weighted by Crippen LogP contribution is 2.29. The molecule has 1 aliphatic carbocycles. The topological polar surface area (TPSA) is 29.5 Å². The summed E-state index contributed by atoms with van der Waals surface area (Å²) >= 11 is 6.38.